The lowest BCUT2D eigenvalue weighted by atomic mass is 9.57. The third-order valence-corrected chi connectivity index (χ3v) is 8.93. The van der Waals surface area contributed by atoms with Crippen molar-refractivity contribution in [3.63, 3.8) is 0 Å². The van der Waals surface area contributed by atoms with Crippen LogP contribution in [0.4, 0.5) is 0 Å². The van der Waals surface area contributed by atoms with Gasteiger partial charge in [0, 0.05) is 0 Å². The average molecular weight is 328 g/mol. The lowest BCUT2D eigenvalue weighted by Gasteiger charge is -2.55. The van der Waals surface area contributed by atoms with Crippen molar-refractivity contribution in [3.8, 4) is 0 Å². The summed E-state index contributed by atoms with van der Waals surface area (Å²) in [5.74, 6) is 1.89. The predicted molar refractivity (Wildman–Crippen MR) is 95.6 cm³/mol. The second-order valence-corrected chi connectivity index (χ2v) is 9.68. The van der Waals surface area contributed by atoms with Crippen LogP contribution in [0.25, 0.3) is 0 Å². The molecule has 0 aromatic heterocycles. The monoisotopic (exact) mass is 328 g/mol. The third-order valence-electron chi connectivity index (χ3n) is 8.93. The van der Waals surface area contributed by atoms with Gasteiger partial charge in [0.25, 0.3) is 0 Å². The van der Waals surface area contributed by atoms with Crippen LogP contribution in [-0.2, 0) is 4.74 Å². The summed E-state index contributed by atoms with van der Waals surface area (Å²) in [5.41, 5.74) is 3.25. The van der Waals surface area contributed by atoms with E-state index in [0.717, 1.165) is 25.2 Å². The Hall–Kier alpha value is -0.600. The maximum absolute atomic E-state index is 10.5. The topological polar surface area (TPSA) is 29.5 Å². The second kappa shape index (κ2) is 4.76. The first-order chi connectivity index (χ1) is 11.4. The zero-order valence-corrected chi connectivity index (χ0v) is 15.5. The lowest BCUT2D eigenvalue weighted by Crippen LogP contribution is -2.55. The minimum atomic E-state index is -0.287. The molecule has 3 fully saturated rings. The SMILES string of the molecule is CCC1CC23CCC4(O2)C(=CC3=CC1O)CCC1(C)C(C)CCC41. The van der Waals surface area contributed by atoms with Crippen LogP contribution in [0.1, 0.15) is 72.1 Å². The van der Waals surface area contributed by atoms with E-state index in [1.54, 1.807) is 5.57 Å². The van der Waals surface area contributed by atoms with E-state index in [1.807, 2.05) is 0 Å². The van der Waals surface area contributed by atoms with Gasteiger partial charge in [-0.05, 0) is 85.3 Å². The predicted octanol–water partition coefficient (Wildman–Crippen LogP) is 4.78. The quantitative estimate of drug-likeness (QED) is 0.751. The van der Waals surface area contributed by atoms with Crippen LogP contribution in [0.3, 0.4) is 0 Å². The van der Waals surface area contributed by atoms with Crippen LogP contribution in [0.15, 0.2) is 23.3 Å². The molecule has 5 rings (SSSR count). The highest BCUT2D eigenvalue weighted by Gasteiger charge is 2.66. The van der Waals surface area contributed by atoms with Gasteiger partial charge in [0.1, 0.15) is 0 Å². The molecule has 2 spiro atoms. The van der Waals surface area contributed by atoms with Crippen molar-refractivity contribution < 1.29 is 9.84 Å². The van der Waals surface area contributed by atoms with Crippen molar-refractivity contribution in [2.45, 2.75) is 89.4 Å². The summed E-state index contributed by atoms with van der Waals surface area (Å²) in [5, 5.41) is 10.5. The Labute approximate surface area is 146 Å². The number of rotatable bonds is 1. The zero-order valence-electron chi connectivity index (χ0n) is 15.5. The molecule has 2 heterocycles. The van der Waals surface area contributed by atoms with E-state index in [9.17, 15) is 5.11 Å². The molecule has 0 amide bonds. The van der Waals surface area contributed by atoms with E-state index in [2.05, 4.69) is 32.9 Å². The number of fused-ring (bicyclic) bond motifs is 1. The third kappa shape index (κ3) is 1.70. The molecule has 2 nitrogen and oxygen atoms in total. The molecule has 24 heavy (non-hydrogen) atoms. The molecule has 0 aromatic rings. The summed E-state index contributed by atoms with van der Waals surface area (Å²) in [6, 6.07) is 0. The van der Waals surface area contributed by atoms with Gasteiger partial charge in [0.2, 0.25) is 0 Å². The highest BCUT2D eigenvalue weighted by atomic mass is 16.5. The summed E-state index contributed by atoms with van der Waals surface area (Å²) < 4.78 is 7.14. The van der Waals surface area contributed by atoms with Gasteiger partial charge in [0.15, 0.2) is 0 Å². The van der Waals surface area contributed by atoms with Crippen LogP contribution >= 0.6 is 0 Å². The van der Waals surface area contributed by atoms with Crippen LogP contribution in [0.2, 0.25) is 0 Å². The Kier molecular flexibility index (Phi) is 3.10. The standard InChI is InChI=1S/C22H32O2/c1-4-15-13-21-9-10-22(24-21)16(11-17(21)12-18(15)23)7-8-20(3)14(2)5-6-19(20)22/h11-12,14-15,18-19,23H,4-10,13H2,1-3H3. The largest absolute Gasteiger partial charge is 0.389 e. The molecule has 1 saturated heterocycles. The molecular weight excluding hydrogens is 296 g/mol. The highest BCUT2D eigenvalue weighted by Crippen LogP contribution is 2.68. The van der Waals surface area contributed by atoms with Gasteiger partial charge in [-0.2, -0.15) is 0 Å². The molecule has 0 aromatic carbocycles. The Balaban J connectivity index is 1.61. The van der Waals surface area contributed by atoms with Crippen molar-refractivity contribution in [1.29, 1.82) is 0 Å². The minimum absolute atomic E-state index is 0.0235. The molecule has 2 saturated carbocycles. The Morgan fingerprint density at radius 1 is 1.25 bits per heavy atom. The fourth-order valence-corrected chi connectivity index (χ4v) is 7.18. The van der Waals surface area contributed by atoms with E-state index >= 15 is 0 Å². The highest BCUT2D eigenvalue weighted by molar-refractivity contribution is 5.47. The number of aliphatic hydroxyl groups is 1. The molecule has 7 unspecified atom stereocenters. The van der Waals surface area contributed by atoms with Gasteiger partial charge >= 0.3 is 0 Å². The second-order valence-electron chi connectivity index (χ2n) is 9.68. The Morgan fingerprint density at radius 3 is 2.88 bits per heavy atom. The zero-order chi connectivity index (χ0) is 16.7. The first-order valence-corrected chi connectivity index (χ1v) is 10.3. The lowest BCUT2D eigenvalue weighted by molar-refractivity contribution is -0.150. The van der Waals surface area contributed by atoms with E-state index in [0.29, 0.717) is 17.3 Å². The van der Waals surface area contributed by atoms with Crippen LogP contribution in [-0.4, -0.2) is 22.4 Å². The van der Waals surface area contributed by atoms with Gasteiger partial charge < -0.3 is 9.84 Å². The summed E-state index contributed by atoms with van der Waals surface area (Å²) in [7, 11) is 0. The first kappa shape index (κ1) is 15.6. The average Bonchev–Trinajstić information content (AvgIpc) is 3.04. The summed E-state index contributed by atoms with van der Waals surface area (Å²) in [6.45, 7) is 7.21. The normalized spacial score (nSPS) is 55.3. The Bertz CT molecular complexity index is 634. The number of ether oxygens (including phenoxy) is 1. The van der Waals surface area contributed by atoms with E-state index < -0.39 is 0 Å². The smallest absolute Gasteiger partial charge is 0.0946 e. The summed E-state index contributed by atoms with van der Waals surface area (Å²) in [6.07, 6.45) is 13.9. The molecule has 1 N–H and O–H groups in total. The Morgan fingerprint density at radius 2 is 2.08 bits per heavy atom. The fraction of sp³-hybridized carbons (Fsp3) is 0.818. The molecular formula is C22H32O2. The maximum Gasteiger partial charge on any atom is 0.0946 e. The van der Waals surface area contributed by atoms with Crippen molar-refractivity contribution in [1.82, 2.24) is 0 Å². The number of hydrogen-bond donors (Lipinski definition) is 1. The van der Waals surface area contributed by atoms with Gasteiger partial charge in [-0.3, -0.25) is 0 Å². The minimum Gasteiger partial charge on any atom is -0.389 e. The molecule has 7 atom stereocenters. The summed E-state index contributed by atoms with van der Waals surface area (Å²) in [4.78, 5) is 0. The molecule has 3 aliphatic carbocycles. The van der Waals surface area contributed by atoms with Gasteiger partial charge in [-0.1, -0.05) is 33.3 Å². The fourth-order valence-electron chi connectivity index (χ4n) is 7.18. The first-order valence-electron chi connectivity index (χ1n) is 10.3. The van der Waals surface area contributed by atoms with Gasteiger partial charge in [-0.15, -0.1) is 0 Å². The summed E-state index contributed by atoms with van der Waals surface area (Å²) >= 11 is 0. The van der Waals surface area contributed by atoms with E-state index in [1.165, 1.54) is 37.7 Å². The molecule has 132 valence electrons. The van der Waals surface area contributed by atoms with Crippen molar-refractivity contribution >= 4 is 0 Å². The molecule has 2 bridgehead atoms. The van der Waals surface area contributed by atoms with Crippen molar-refractivity contribution in [3.05, 3.63) is 23.3 Å². The molecule has 2 aliphatic heterocycles. The maximum atomic E-state index is 10.5. The van der Waals surface area contributed by atoms with Gasteiger partial charge in [-0.25, -0.2) is 0 Å². The molecule has 0 radical (unpaired) electrons. The van der Waals surface area contributed by atoms with Crippen molar-refractivity contribution in [2.75, 3.05) is 0 Å². The van der Waals surface area contributed by atoms with Crippen LogP contribution < -0.4 is 0 Å². The number of hydrogen-bond acceptors (Lipinski definition) is 2. The van der Waals surface area contributed by atoms with E-state index in [-0.39, 0.29) is 17.3 Å². The van der Waals surface area contributed by atoms with Crippen molar-refractivity contribution in [2.24, 2.45) is 23.2 Å². The van der Waals surface area contributed by atoms with Crippen LogP contribution in [0.5, 0.6) is 0 Å². The van der Waals surface area contributed by atoms with Crippen LogP contribution in [0, 0.1) is 23.2 Å². The molecule has 5 aliphatic rings. The van der Waals surface area contributed by atoms with Gasteiger partial charge in [0.05, 0.1) is 17.3 Å². The van der Waals surface area contributed by atoms with E-state index in [4.69, 9.17) is 4.74 Å². The number of aliphatic hydroxyl groups excluding tert-OH is 1. The molecule has 2 heteroatoms.